The molecule has 0 saturated heterocycles. The van der Waals surface area contributed by atoms with Crippen molar-refractivity contribution in [3.05, 3.63) is 29.6 Å². The van der Waals surface area contributed by atoms with Gasteiger partial charge in [0.15, 0.2) is 0 Å². The van der Waals surface area contributed by atoms with Gasteiger partial charge in [0, 0.05) is 18.8 Å². The Morgan fingerprint density at radius 2 is 2.04 bits per heavy atom. The highest BCUT2D eigenvalue weighted by atomic mass is 19.4. The van der Waals surface area contributed by atoms with Gasteiger partial charge in [-0.3, -0.25) is 0 Å². The maximum atomic E-state index is 13.2. The van der Waals surface area contributed by atoms with Crippen molar-refractivity contribution in [3.8, 4) is 0 Å². The van der Waals surface area contributed by atoms with E-state index in [1.807, 2.05) is 0 Å². The molecule has 0 atom stereocenters. The lowest BCUT2D eigenvalue weighted by molar-refractivity contribution is -0.174. The average molecular weight is 338 g/mol. The van der Waals surface area contributed by atoms with Gasteiger partial charge in [0.25, 0.3) is 0 Å². The van der Waals surface area contributed by atoms with Crippen LogP contribution in [0.3, 0.4) is 0 Å². The van der Waals surface area contributed by atoms with Gasteiger partial charge in [-0.2, -0.15) is 13.2 Å². The molecule has 9 heteroatoms. The van der Waals surface area contributed by atoms with E-state index in [9.17, 15) is 22.4 Å². The number of anilines is 1. The van der Waals surface area contributed by atoms with Crippen LogP contribution in [0.25, 0.3) is 0 Å². The highest BCUT2D eigenvalue weighted by Crippen LogP contribution is 2.15. The number of urea groups is 1. The van der Waals surface area contributed by atoms with E-state index in [0.29, 0.717) is 11.3 Å². The van der Waals surface area contributed by atoms with Crippen LogP contribution in [0.5, 0.6) is 0 Å². The molecule has 0 radical (unpaired) electrons. The molecule has 1 rings (SSSR count). The van der Waals surface area contributed by atoms with Crippen molar-refractivity contribution in [2.24, 2.45) is 0 Å². The summed E-state index contributed by atoms with van der Waals surface area (Å²) >= 11 is 0. The van der Waals surface area contributed by atoms with Gasteiger partial charge >= 0.3 is 12.2 Å². The topological polar surface area (TPSA) is 61.8 Å². The van der Waals surface area contributed by atoms with Crippen molar-refractivity contribution in [1.82, 2.24) is 4.90 Å². The van der Waals surface area contributed by atoms with Crippen molar-refractivity contribution in [2.45, 2.75) is 13.1 Å². The van der Waals surface area contributed by atoms with E-state index in [1.165, 1.54) is 25.1 Å². The lowest BCUT2D eigenvalue weighted by atomic mass is 10.2. The molecular formula is C14H18F4N2O3. The van der Waals surface area contributed by atoms with E-state index in [1.54, 1.807) is 0 Å². The first kappa shape index (κ1) is 19.2. The molecule has 0 saturated carbocycles. The van der Waals surface area contributed by atoms with E-state index >= 15 is 0 Å². The van der Waals surface area contributed by atoms with Crippen molar-refractivity contribution < 1.29 is 32.2 Å². The van der Waals surface area contributed by atoms with Crippen LogP contribution in [0.4, 0.5) is 28.0 Å². The lowest BCUT2D eigenvalue weighted by Crippen LogP contribution is -2.39. The monoisotopic (exact) mass is 338 g/mol. The Labute approximate surface area is 130 Å². The maximum absolute atomic E-state index is 13.2. The Bertz CT molecular complexity index is 523. The number of alkyl halides is 3. The Morgan fingerprint density at radius 1 is 1.35 bits per heavy atom. The average Bonchev–Trinajstić information content (AvgIpc) is 2.45. The zero-order valence-electron chi connectivity index (χ0n) is 12.5. The van der Waals surface area contributed by atoms with Crippen LogP contribution in [0.15, 0.2) is 18.2 Å². The summed E-state index contributed by atoms with van der Waals surface area (Å²) in [6.07, 6.45) is -4.43. The quantitative estimate of drug-likeness (QED) is 0.593. The number of carbonyl (C=O) groups excluding carboxylic acids is 1. The van der Waals surface area contributed by atoms with Gasteiger partial charge in [0.05, 0.1) is 13.2 Å². The molecule has 0 unspecified atom stereocenters. The third kappa shape index (κ3) is 7.29. The summed E-state index contributed by atoms with van der Waals surface area (Å²) in [5, 5.41) is 11.4. The third-order valence-corrected chi connectivity index (χ3v) is 2.84. The first-order chi connectivity index (χ1) is 10.7. The predicted molar refractivity (Wildman–Crippen MR) is 75.7 cm³/mol. The zero-order valence-corrected chi connectivity index (χ0v) is 12.5. The SMILES string of the molecule is Cc1cc(NC(=O)N(CCO)CCOCC(F)(F)F)ccc1F. The molecule has 0 fully saturated rings. The summed E-state index contributed by atoms with van der Waals surface area (Å²) < 4.78 is 53.5. The number of hydrogen-bond acceptors (Lipinski definition) is 3. The number of aliphatic hydroxyl groups excluding tert-OH is 1. The molecule has 0 spiro atoms. The molecule has 0 heterocycles. The molecule has 0 aliphatic heterocycles. The van der Waals surface area contributed by atoms with Crippen LogP contribution in [0, 0.1) is 12.7 Å². The highest BCUT2D eigenvalue weighted by Gasteiger charge is 2.27. The molecule has 0 aromatic heterocycles. The van der Waals surface area contributed by atoms with Crippen molar-refractivity contribution in [3.63, 3.8) is 0 Å². The summed E-state index contributed by atoms with van der Waals surface area (Å²) in [5.41, 5.74) is 0.679. The lowest BCUT2D eigenvalue weighted by Gasteiger charge is -2.22. The minimum absolute atomic E-state index is 0.0681. The summed E-state index contributed by atoms with van der Waals surface area (Å²) in [4.78, 5) is 13.1. The summed E-state index contributed by atoms with van der Waals surface area (Å²) in [7, 11) is 0. The van der Waals surface area contributed by atoms with E-state index in [2.05, 4.69) is 10.1 Å². The number of amides is 2. The zero-order chi connectivity index (χ0) is 17.5. The molecule has 0 aliphatic carbocycles. The van der Waals surface area contributed by atoms with Crippen LogP contribution in [0.2, 0.25) is 0 Å². The second-order valence-electron chi connectivity index (χ2n) is 4.77. The molecule has 2 amide bonds. The molecule has 23 heavy (non-hydrogen) atoms. The second kappa shape index (κ2) is 8.68. The van der Waals surface area contributed by atoms with E-state index in [4.69, 9.17) is 5.11 Å². The van der Waals surface area contributed by atoms with E-state index in [0.717, 1.165) is 4.90 Å². The van der Waals surface area contributed by atoms with Crippen LogP contribution in [0.1, 0.15) is 5.56 Å². The summed E-state index contributed by atoms with van der Waals surface area (Å²) in [5.74, 6) is -0.421. The molecule has 5 nitrogen and oxygen atoms in total. The van der Waals surface area contributed by atoms with Gasteiger partial charge < -0.3 is 20.1 Å². The number of carbonyl (C=O) groups is 1. The van der Waals surface area contributed by atoms with Crippen molar-refractivity contribution in [2.75, 3.05) is 38.2 Å². The molecule has 2 N–H and O–H groups in total. The third-order valence-electron chi connectivity index (χ3n) is 2.84. The minimum Gasteiger partial charge on any atom is -0.395 e. The first-order valence-electron chi connectivity index (χ1n) is 6.80. The van der Waals surface area contributed by atoms with Gasteiger partial charge in [0.1, 0.15) is 12.4 Å². The fourth-order valence-corrected chi connectivity index (χ4v) is 1.72. The largest absolute Gasteiger partial charge is 0.411 e. The Balaban J connectivity index is 2.54. The number of hydrogen-bond donors (Lipinski definition) is 2. The first-order valence-corrected chi connectivity index (χ1v) is 6.80. The van der Waals surface area contributed by atoms with Gasteiger partial charge in [-0.1, -0.05) is 0 Å². The Hall–Kier alpha value is -1.87. The number of nitrogens with one attached hydrogen (secondary N) is 1. The number of rotatable bonds is 7. The van der Waals surface area contributed by atoms with Crippen LogP contribution < -0.4 is 5.32 Å². The van der Waals surface area contributed by atoms with Gasteiger partial charge in [-0.15, -0.1) is 0 Å². The van der Waals surface area contributed by atoms with E-state index < -0.39 is 24.6 Å². The van der Waals surface area contributed by atoms with Crippen LogP contribution in [-0.4, -0.2) is 55.1 Å². The number of nitrogens with zero attached hydrogens (tertiary/aromatic N) is 1. The van der Waals surface area contributed by atoms with E-state index in [-0.39, 0.29) is 26.3 Å². The number of aliphatic hydroxyl groups is 1. The summed E-state index contributed by atoms with van der Waals surface area (Å²) in [6, 6.07) is 3.34. The second-order valence-corrected chi connectivity index (χ2v) is 4.77. The molecular weight excluding hydrogens is 320 g/mol. The fourth-order valence-electron chi connectivity index (χ4n) is 1.72. The van der Waals surface area contributed by atoms with Gasteiger partial charge in [0.2, 0.25) is 0 Å². The Kier molecular flexibility index (Phi) is 7.24. The van der Waals surface area contributed by atoms with Gasteiger partial charge in [-0.25, -0.2) is 9.18 Å². The predicted octanol–water partition coefficient (Wildman–Crippen LogP) is 2.54. The van der Waals surface area contributed by atoms with Crippen LogP contribution in [-0.2, 0) is 4.74 Å². The smallest absolute Gasteiger partial charge is 0.395 e. The molecule has 1 aromatic rings. The number of ether oxygens (including phenoxy) is 1. The van der Waals surface area contributed by atoms with Crippen molar-refractivity contribution in [1.29, 1.82) is 0 Å². The molecule has 0 aliphatic rings. The molecule has 130 valence electrons. The molecule has 0 bridgehead atoms. The minimum atomic E-state index is -4.43. The number of halogens is 4. The molecule has 1 aromatic carbocycles. The number of benzene rings is 1. The normalized spacial score (nSPS) is 11.4. The summed E-state index contributed by atoms with van der Waals surface area (Å²) in [6.45, 7) is -0.741. The standard InChI is InChI=1S/C14H18F4N2O3/c1-10-8-11(2-3-12(10)15)19-13(22)20(4-6-21)5-7-23-9-14(16,17)18/h2-3,8,21H,4-7,9H2,1H3,(H,19,22). The van der Waals surface area contributed by atoms with Gasteiger partial charge in [-0.05, 0) is 30.7 Å². The highest BCUT2D eigenvalue weighted by molar-refractivity contribution is 5.89. The number of aryl methyl sites for hydroxylation is 1. The Morgan fingerprint density at radius 3 is 2.61 bits per heavy atom. The maximum Gasteiger partial charge on any atom is 0.411 e. The van der Waals surface area contributed by atoms with Crippen LogP contribution >= 0.6 is 0 Å². The fraction of sp³-hybridized carbons (Fsp3) is 0.500. The van der Waals surface area contributed by atoms with Crippen molar-refractivity contribution >= 4 is 11.7 Å².